The fourth-order valence-corrected chi connectivity index (χ4v) is 4.48. The van der Waals surface area contributed by atoms with Gasteiger partial charge in [-0.3, -0.25) is 0 Å². The van der Waals surface area contributed by atoms with Gasteiger partial charge in [-0.1, -0.05) is 0 Å². The fourth-order valence-electron chi connectivity index (χ4n) is 4.48. The van der Waals surface area contributed by atoms with Crippen LogP contribution in [0.1, 0.15) is 31.3 Å². The first-order valence-electron chi connectivity index (χ1n) is 10.9. The minimum absolute atomic E-state index is 0.266. The summed E-state index contributed by atoms with van der Waals surface area (Å²) < 4.78 is 29.2. The summed E-state index contributed by atoms with van der Waals surface area (Å²) >= 11 is 0. The molecule has 5 rings (SSSR count). The molecule has 4 heterocycles. The summed E-state index contributed by atoms with van der Waals surface area (Å²) in [6, 6.07) is 7.65. The molecule has 2 aliphatic heterocycles. The fraction of sp³-hybridized carbons (Fsp3) is 0.478. The van der Waals surface area contributed by atoms with E-state index in [1.165, 1.54) is 0 Å². The summed E-state index contributed by atoms with van der Waals surface area (Å²) in [7, 11) is 3.27. The lowest BCUT2D eigenvalue weighted by molar-refractivity contribution is -0.187. The molecule has 4 N–H and O–H groups in total. The van der Waals surface area contributed by atoms with Crippen LogP contribution in [0.4, 0.5) is 5.82 Å². The van der Waals surface area contributed by atoms with Gasteiger partial charge in [-0.05, 0) is 32.0 Å². The molecule has 0 amide bonds. The first-order valence-corrected chi connectivity index (χ1v) is 10.9. The standard InChI is InChI=1S/C23H29N5O5/c1-23(2)32-17-16(10-24)31-19(18(17)33-23)22-27-20-14(7-8-25-20)21(28-22)26-11-12-5-6-13(29-3)9-15(12)30-4/h5-9,16-19H,10-11,24H2,1-4H3,(H2,25,26,27,28)/t16-,17-,18+,19+/m1/s1. The van der Waals surface area contributed by atoms with E-state index in [1.54, 1.807) is 14.2 Å². The van der Waals surface area contributed by atoms with Gasteiger partial charge in [-0.2, -0.15) is 0 Å². The first-order chi connectivity index (χ1) is 15.9. The second-order valence-corrected chi connectivity index (χ2v) is 8.60. The van der Waals surface area contributed by atoms with E-state index in [-0.39, 0.29) is 18.3 Å². The summed E-state index contributed by atoms with van der Waals surface area (Å²) in [6.07, 6.45) is 0.453. The van der Waals surface area contributed by atoms with Crippen LogP contribution in [0, 0.1) is 0 Å². The maximum absolute atomic E-state index is 6.19. The molecular weight excluding hydrogens is 426 g/mol. The van der Waals surface area contributed by atoms with Gasteiger partial charge in [0.05, 0.1) is 25.7 Å². The quantitative estimate of drug-likeness (QED) is 0.493. The summed E-state index contributed by atoms with van der Waals surface area (Å²) in [5.74, 6) is 1.95. The van der Waals surface area contributed by atoms with Crippen LogP contribution in [0.3, 0.4) is 0 Å². The van der Waals surface area contributed by atoms with Crippen molar-refractivity contribution in [3.8, 4) is 11.5 Å². The number of fused-ring (bicyclic) bond motifs is 2. The molecular formula is C23H29N5O5. The Balaban J connectivity index is 1.45. The number of nitrogens with zero attached hydrogens (tertiary/aromatic N) is 2. The van der Waals surface area contributed by atoms with Crippen molar-refractivity contribution in [2.75, 3.05) is 26.1 Å². The average Bonchev–Trinajstić information content (AvgIpc) is 3.49. The highest BCUT2D eigenvalue weighted by Gasteiger charge is 2.56. The number of ether oxygens (including phenoxy) is 5. The van der Waals surface area contributed by atoms with Crippen LogP contribution in [0.2, 0.25) is 0 Å². The third-order valence-electron chi connectivity index (χ3n) is 6.01. The SMILES string of the molecule is COc1ccc(CNc2nc([C@H]3O[C@H](CN)[C@H]4OC(C)(C)O[C@@H]43)nc3[nH]ccc23)c(OC)c1. The molecule has 2 saturated heterocycles. The maximum Gasteiger partial charge on any atom is 0.164 e. The molecule has 2 aliphatic rings. The predicted molar refractivity (Wildman–Crippen MR) is 121 cm³/mol. The molecule has 2 aromatic heterocycles. The molecule has 4 atom stereocenters. The van der Waals surface area contributed by atoms with E-state index in [0.29, 0.717) is 30.4 Å². The number of H-pyrrole nitrogens is 1. The first kappa shape index (κ1) is 21.9. The number of nitrogens with two attached hydrogens (primary N) is 1. The van der Waals surface area contributed by atoms with Crippen LogP contribution < -0.4 is 20.5 Å². The van der Waals surface area contributed by atoms with Crippen LogP contribution in [-0.2, 0) is 20.8 Å². The smallest absolute Gasteiger partial charge is 0.164 e. The number of hydrogen-bond acceptors (Lipinski definition) is 9. The van der Waals surface area contributed by atoms with Gasteiger partial charge >= 0.3 is 0 Å². The number of nitrogens with one attached hydrogen (secondary N) is 2. The van der Waals surface area contributed by atoms with Crippen molar-refractivity contribution < 1.29 is 23.7 Å². The third kappa shape index (κ3) is 3.99. The monoisotopic (exact) mass is 455 g/mol. The topological polar surface area (TPSA) is 126 Å². The van der Waals surface area contributed by atoms with Crippen molar-refractivity contribution in [2.45, 2.75) is 50.6 Å². The highest BCUT2D eigenvalue weighted by Crippen LogP contribution is 2.44. The minimum atomic E-state index is -0.715. The molecule has 10 heteroatoms. The molecule has 0 unspecified atom stereocenters. The number of aromatic amines is 1. The Morgan fingerprint density at radius 1 is 1.12 bits per heavy atom. The van der Waals surface area contributed by atoms with Crippen LogP contribution in [-0.4, -0.2) is 59.8 Å². The van der Waals surface area contributed by atoms with Gasteiger partial charge in [-0.25, -0.2) is 9.97 Å². The largest absolute Gasteiger partial charge is 0.497 e. The Morgan fingerprint density at radius 2 is 1.94 bits per heavy atom. The predicted octanol–water partition coefficient (Wildman–Crippen LogP) is 2.51. The molecule has 1 aromatic carbocycles. The molecule has 10 nitrogen and oxygen atoms in total. The van der Waals surface area contributed by atoms with Gasteiger partial charge in [-0.15, -0.1) is 0 Å². The van der Waals surface area contributed by atoms with Crippen molar-refractivity contribution in [1.29, 1.82) is 0 Å². The van der Waals surface area contributed by atoms with Crippen LogP contribution >= 0.6 is 0 Å². The Labute approximate surface area is 191 Å². The zero-order valence-electron chi connectivity index (χ0n) is 19.1. The van der Waals surface area contributed by atoms with Crippen LogP contribution in [0.15, 0.2) is 30.5 Å². The average molecular weight is 456 g/mol. The second kappa shape index (κ2) is 8.45. The van der Waals surface area contributed by atoms with Crippen LogP contribution in [0.5, 0.6) is 11.5 Å². The van der Waals surface area contributed by atoms with Gasteiger partial charge in [0.25, 0.3) is 0 Å². The molecule has 0 saturated carbocycles. The van der Waals surface area contributed by atoms with Crippen molar-refractivity contribution in [1.82, 2.24) is 15.0 Å². The molecule has 0 radical (unpaired) electrons. The van der Waals surface area contributed by atoms with Crippen molar-refractivity contribution in [3.63, 3.8) is 0 Å². The van der Waals surface area contributed by atoms with E-state index < -0.39 is 11.9 Å². The number of methoxy groups -OCH3 is 2. The number of benzene rings is 1. The second-order valence-electron chi connectivity index (χ2n) is 8.60. The van der Waals surface area contributed by atoms with E-state index in [9.17, 15) is 0 Å². The van der Waals surface area contributed by atoms with Crippen LogP contribution in [0.25, 0.3) is 11.0 Å². The summed E-state index contributed by atoms with van der Waals surface area (Å²) in [5.41, 5.74) is 7.62. The molecule has 0 aliphatic carbocycles. The molecule has 0 spiro atoms. The number of hydrogen-bond donors (Lipinski definition) is 3. The van der Waals surface area contributed by atoms with E-state index in [2.05, 4.69) is 10.3 Å². The zero-order chi connectivity index (χ0) is 23.2. The van der Waals surface area contributed by atoms with Crippen molar-refractivity contribution >= 4 is 16.9 Å². The van der Waals surface area contributed by atoms with Gasteiger partial charge in [0.2, 0.25) is 0 Å². The van der Waals surface area contributed by atoms with Gasteiger partial charge < -0.3 is 39.7 Å². The number of anilines is 1. The Morgan fingerprint density at radius 3 is 2.70 bits per heavy atom. The Kier molecular flexibility index (Phi) is 5.61. The highest BCUT2D eigenvalue weighted by atomic mass is 16.8. The molecule has 176 valence electrons. The normalized spacial score (nSPS) is 25.8. The van der Waals surface area contributed by atoms with Gasteiger partial charge in [0.15, 0.2) is 11.6 Å². The molecule has 2 fully saturated rings. The number of aromatic nitrogens is 3. The molecule has 3 aromatic rings. The van der Waals surface area contributed by atoms with E-state index in [1.807, 2.05) is 44.3 Å². The van der Waals surface area contributed by atoms with Gasteiger partial charge in [0.1, 0.15) is 41.3 Å². The Hall–Kier alpha value is -2.92. The molecule has 0 bridgehead atoms. The molecule has 33 heavy (non-hydrogen) atoms. The third-order valence-corrected chi connectivity index (χ3v) is 6.01. The number of rotatable bonds is 7. The van der Waals surface area contributed by atoms with E-state index in [0.717, 1.165) is 22.4 Å². The maximum atomic E-state index is 6.19. The lowest BCUT2D eigenvalue weighted by atomic mass is 10.1. The van der Waals surface area contributed by atoms with E-state index >= 15 is 0 Å². The summed E-state index contributed by atoms with van der Waals surface area (Å²) in [5, 5.41) is 4.30. The van der Waals surface area contributed by atoms with E-state index in [4.69, 9.17) is 39.4 Å². The summed E-state index contributed by atoms with van der Waals surface area (Å²) in [6.45, 7) is 4.60. The lowest BCUT2D eigenvalue weighted by Crippen LogP contribution is -2.34. The highest BCUT2D eigenvalue weighted by molar-refractivity contribution is 5.87. The lowest BCUT2D eigenvalue weighted by Gasteiger charge is -2.23. The Bertz CT molecular complexity index is 1150. The van der Waals surface area contributed by atoms with Crippen molar-refractivity contribution in [3.05, 3.63) is 41.9 Å². The van der Waals surface area contributed by atoms with Gasteiger partial charge in [0, 0.05) is 30.9 Å². The minimum Gasteiger partial charge on any atom is -0.497 e. The van der Waals surface area contributed by atoms with Crippen molar-refractivity contribution in [2.24, 2.45) is 5.73 Å². The summed E-state index contributed by atoms with van der Waals surface area (Å²) in [4.78, 5) is 12.7. The zero-order valence-corrected chi connectivity index (χ0v) is 19.1.